The van der Waals surface area contributed by atoms with Gasteiger partial charge < -0.3 is 15.5 Å². The van der Waals surface area contributed by atoms with E-state index in [4.69, 9.17) is 0 Å². The number of hydrogen-bond acceptors (Lipinski definition) is 8. The number of hydrogen-bond donors (Lipinski definition) is 2. The summed E-state index contributed by atoms with van der Waals surface area (Å²) >= 11 is 1.60. The molecule has 204 valence electrons. The molecule has 2 amide bonds. The first-order valence-corrected chi connectivity index (χ1v) is 15.9. The topological polar surface area (TPSA) is 126 Å². The number of nitrogens with one attached hydrogen (secondary N) is 2. The fourth-order valence-electron chi connectivity index (χ4n) is 6.64. The highest BCUT2D eigenvalue weighted by molar-refractivity contribution is 7.86. The molecule has 12 heteroatoms. The third-order valence-corrected chi connectivity index (χ3v) is 11.4. The second-order valence-corrected chi connectivity index (χ2v) is 13.8. The van der Waals surface area contributed by atoms with Crippen LogP contribution in [0.2, 0.25) is 0 Å². The molecule has 1 aliphatic carbocycles. The van der Waals surface area contributed by atoms with Crippen molar-refractivity contribution in [3.8, 4) is 0 Å². The number of likely N-dealkylation sites (tertiary alicyclic amines) is 1. The Morgan fingerprint density at radius 3 is 2.82 bits per heavy atom. The minimum atomic E-state index is -1.07. The second-order valence-electron chi connectivity index (χ2n) is 11.3. The Balaban J connectivity index is 1.24. The molecule has 0 radical (unpaired) electrons. The van der Waals surface area contributed by atoms with Gasteiger partial charge >= 0.3 is 0 Å². The average molecular weight is 567 g/mol. The lowest BCUT2D eigenvalue weighted by atomic mass is 9.87. The van der Waals surface area contributed by atoms with Gasteiger partial charge in [-0.15, -0.1) is 11.3 Å². The number of anilines is 2. The third kappa shape index (κ3) is 3.78. The number of fused-ring (bicyclic) bond motifs is 5. The molecule has 1 unspecified atom stereocenters. The quantitative estimate of drug-likeness (QED) is 0.496. The zero-order valence-corrected chi connectivity index (χ0v) is 23.5. The largest absolute Gasteiger partial charge is 0.342 e. The molecular formula is C27H30N6O4S2. The van der Waals surface area contributed by atoms with Gasteiger partial charge in [-0.25, -0.2) is 9.97 Å². The number of aryl methyl sites for hydroxylation is 2. The molecule has 6 heterocycles. The number of carbonyl (C=O) groups is 2. The van der Waals surface area contributed by atoms with Gasteiger partial charge in [-0.05, 0) is 55.2 Å². The second kappa shape index (κ2) is 8.95. The number of thiophene rings is 1. The molecule has 3 aromatic rings. The van der Waals surface area contributed by atoms with E-state index in [9.17, 15) is 18.6 Å². The maximum atomic E-state index is 13.8. The van der Waals surface area contributed by atoms with Crippen molar-refractivity contribution in [3.05, 3.63) is 44.4 Å². The molecule has 39 heavy (non-hydrogen) atoms. The van der Waals surface area contributed by atoms with E-state index >= 15 is 0 Å². The summed E-state index contributed by atoms with van der Waals surface area (Å²) in [5, 5.41) is 7.10. The Morgan fingerprint density at radius 2 is 2.10 bits per heavy atom. The van der Waals surface area contributed by atoms with Gasteiger partial charge in [-0.3, -0.25) is 23.2 Å². The summed E-state index contributed by atoms with van der Waals surface area (Å²) in [5.74, 6) is 1.53. The van der Waals surface area contributed by atoms with E-state index in [0.717, 1.165) is 58.6 Å². The first-order chi connectivity index (χ1) is 18.8. The van der Waals surface area contributed by atoms with Crippen molar-refractivity contribution < 1.29 is 13.8 Å². The van der Waals surface area contributed by atoms with Crippen molar-refractivity contribution in [1.29, 1.82) is 0 Å². The van der Waals surface area contributed by atoms with Crippen LogP contribution in [0.1, 0.15) is 53.2 Å². The van der Waals surface area contributed by atoms with E-state index in [0.29, 0.717) is 36.0 Å². The Bertz CT molecular complexity index is 1640. The number of carbonyl (C=O) groups excluding carboxylic acids is 2. The zero-order chi connectivity index (χ0) is 27.1. The summed E-state index contributed by atoms with van der Waals surface area (Å²) in [6.45, 7) is 5.84. The number of pyridine rings is 1. The molecule has 0 saturated carbocycles. The van der Waals surface area contributed by atoms with Crippen molar-refractivity contribution >= 4 is 55.7 Å². The fourth-order valence-corrected chi connectivity index (χ4v) is 9.29. The van der Waals surface area contributed by atoms with Crippen LogP contribution in [-0.4, -0.2) is 60.1 Å². The van der Waals surface area contributed by atoms with E-state index in [-0.39, 0.29) is 34.8 Å². The van der Waals surface area contributed by atoms with Crippen LogP contribution in [-0.2, 0) is 40.5 Å². The fraction of sp³-hybridized carbons (Fsp3) is 0.519. The Hall–Kier alpha value is -3.12. The van der Waals surface area contributed by atoms with Crippen molar-refractivity contribution in [2.75, 3.05) is 29.9 Å². The molecule has 1 spiro atoms. The van der Waals surface area contributed by atoms with Crippen molar-refractivity contribution in [2.45, 2.75) is 51.6 Å². The summed E-state index contributed by atoms with van der Waals surface area (Å²) in [6, 6.07) is 1.74. The minimum Gasteiger partial charge on any atom is -0.342 e. The molecular weight excluding hydrogens is 536 g/mol. The zero-order valence-electron chi connectivity index (χ0n) is 21.9. The molecule has 3 aromatic heterocycles. The maximum Gasteiger partial charge on any atom is 0.276 e. The summed E-state index contributed by atoms with van der Waals surface area (Å²) in [7, 11) is -1.07. The highest BCUT2D eigenvalue weighted by Crippen LogP contribution is 2.41. The lowest BCUT2D eigenvalue weighted by Gasteiger charge is -2.38. The van der Waals surface area contributed by atoms with Crippen LogP contribution in [0.25, 0.3) is 10.2 Å². The summed E-state index contributed by atoms with van der Waals surface area (Å²) in [5.41, 5.74) is 1.33. The Labute approximate surface area is 231 Å². The molecule has 2 fully saturated rings. The monoisotopic (exact) mass is 566 g/mol. The van der Waals surface area contributed by atoms with Gasteiger partial charge in [0.25, 0.3) is 11.5 Å². The van der Waals surface area contributed by atoms with Crippen LogP contribution >= 0.6 is 11.3 Å². The number of rotatable bonds is 4. The molecule has 0 bridgehead atoms. The van der Waals surface area contributed by atoms with Crippen LogP contribution < -0.4 is 16.2 Å². The van der Waals surface area contributed by atoms with Crippen LogP contribution in [0.4, 0.5) is 11.5 Å². The van der Waals surface area contributed by atoms with Crippen molar-refractivity contribution in [1.82, 2.24) is 24.8 Å². The Kier molecular flexibility index (Phi) is 5.71. The van der Waals surface area contributed by atoms with Gasteiger partial charge in [0.05, 0.1) is 16.9 Å². The lowest BCUT2D eigenvalue weighted by Crippen LogP contribution is -2.62. The van der Waals surface area contributed by atoms with Crippen LogP contribution in [0, 0.1) is 11.8 Å². The molecule has 4 aliphatic rings. The smallest absolute Gasteiger partial charge is 0.276 e. The first-order valence-electron chi connectivity index (χ1n) is 13.6. The molecule has 2 N–H and O–H groups in total. The van der Waals surface area contributed by atoms with Crippen molar-refractivity contribution in [2.24, 2.45) is 11.8 Å². The van der Waals surface area contributed by atoms with Crippen LogP contribution in [0.3, 0.4) is 0 Å². The van der Waals surface area contributed by atoms with Gasteiger partial charge in [0, 0.05) is 34.7 Å². The van der Waals surface area contributed by atoms with E-state index in [2.05, 4.69) is 27.5 Å². The normalized spacial score (nSPS) is 27.4. The van der Waals surface area contributed by atoms with Gasteiger partial charge in [0.15, 0.2) is 0 Å². The molecule has 7 rings (SSSR count). The first kappa shape index (κ1) is 24.9. The van der Waals surface area contributed by atoms with E-state index in [1.165, 1.54) is 10.9 Å². The highest BCUT2D eigenvalue weighted by atomic mass is 32.2. The highest BCUT2D eigenvalue weighted by Gasteiger charge is 2.53. The Morgan fingerprint density at radius 1 is 1.28 bits per heavy atom. The molecule has 0 aromatic carbocycles. The molecule has 10 nitrogen and oxygen atoms in total. The third-order valence-electron chi connectivity index (χ3n) is 8.63. The van der Waals surface area contributed by atoms with Gasteiger partial charge in [-0.2, -0.15) is 0 Å². The number of amides is 2. The SMILES string of the molecule is CCc1cc(Nc2ncnc3sc4c(c23)CC[C@H](C(=O)N2CCC(C)C2)C4)c(=O)n2c1C(=O)NC21CS(=O)C1. The van der Waals surface area contributed by atoms with E-state index < -0.39 is 16.5 Å². The van der Waals surface area contributed by atoms with Crippen LogP contribution in [0.15, 0.2) is 17.2 Å². The maximum absolute atomic E-state index is 13.8. The van der Waals surface area contributed by atoms with E-state index in [1.807, 2.05) is 11.8 Å². The molecule has 2 saturated heterocycles. The standard InChI is InChI=1S/C27H30N6O4S2/c1-3-15-8-18(26(36)33-21(15)23(34)31-27(33)11-39(37)12-27)30-22-20-17-5-4-16(25(35)32-7-6-14(2)10-32)9-19(17)38-24(20)29-13-28-22/h8,13-14,16H,3-7,9-12H2,1-2H3,(H,31,34)(H,28,29,30)/t14?,16-,27?,39?/m0/s1. The lowest BCUT2D eigenvalue weighted by molar-refractivity contribution is -0.134. The van der Waals surface area contributed by atoms with Gasteiger partial charge in [0.2, 0.25) is 5.91 Å². The summed E-state index contributed by atoms with van der Waals surface area (Å²) in [6.07, 6.45) is 5.38. The number of nitrogens with zero attached hydrogens (tertiary/aromatic N) is 4. The van der Waals surface area contributed by atoms with Gasteiger partial charge in [-0.1, -0.05) is 13.8 Å². The summed E-state index contributed by atoms with van der Waals surface area (Å²) < 4.78 is 13.5. The number of aromatic nitrogens is 3. The predicted octanol–water partition coefficient (Wildman–Crippen LogP) is 2.29. The predicted molar refractivity (Wildman–Crippen MR) is 150 cm³/mol. The average Bonchev–Trinajstić information content (AvgIpc) is 3.59. The van der Waals surface area contributed by atoms with E-state index in [1.54, 1.807) is 17.4 Å². The minimum absolute atomic E-state index is 0.0112. The van der Waals surface area contributed by atoms with Gasteiger partial charge in [0.1, 0.15) is 34.0 Å². The molecule has 2 atom stereocenters. The molecule has 3 aliphatic heterocycles. The van der Waals surface area contributed by atoms with Crippen LogP contribution in [0.5, 0.6) is 0 Å². The summed E-state index contributed by atoms with van der Waals surface area (Å²) in [4.78, 5) is 52.8. The van der Waals surface area contributed by atoms with Crippen molar-refractivity contribution in [3.63, 3.8) is 0 Å².